The van der Waals surface area contributed by atoms with Crippen molar-refractivity contribution in [1.82, 2.24) is 14.5 Å². The van der Waals surface area contributed by atoms with Gasteiger partial charge in [0, 0.05) is 17.9 Å². The van der Waals surface area contributed by atoms with E-state index >= 15 is 0 Å². The van der Waals surface area contributed by atoms with Crippen LogP contribution in [0, 0.1) is 12.7 Å². The maximum Gasteiger partial charge on any atom is 0.165 e. The number of halogens is 1. The van der Waals surface area contributed by atoms with E-state index in [4.69, 9.17) is 0 Å². The zero-order valence-corrected chi connectivity index (χ0v) is 13.1. The van der Waals surface area contributed by atoms with Gasteiger partial charge in [-0.3, -0.25) is 0 Å². The van der Waals surface area contributed by atoms with Crippen LogP contribution in [0.5, 0.6) is 11.5 Å². The Hall–Kier alpha value is -2.89. The fraction of sp³-hybridized carbons (Fsp3) is 0.222. The summed E-state index contributed by atoms with van der Waals surface area (Å²) in [4.78, 5) is 9.00. The normalized spacial score (nSPS) is 13.2. The molecule has 0 aliphatic carbocycles. The summed E-state index contributed by atoms with van der Waals surface area (Å²) in [7, 11) is 0. The molecule has 1 aliphatic rings. The van der Waals surface area contributed by atoms with E-state index in [1.54, 1.807) is 24.3 Å². The highest BCUT2D eigenvalue weighted by molar-refractivity contribution is 5.73. The minimum absolute atomic E-state index is 0.0587. The minimum Gasteiger partial charge on any atom is -0.506 e. The van der Waals surface area contributed by atoms with Gasteiger partial charge < -0.3 is 14.8 Å². The predicted molar refractivity (Wildman–Crippen MR) is 87.2 cm³/mol. The second-order valence-corrected chi connectivity index (χ2v) is 5.94. The average Bonchev–Trinajstić information content (AvgIpc) is 3.15. The number of aromatic hydroxyl groups is 2. The van der Waals surface area contributed by atoms with Gasteiger partial charge in [0.05, 0.1) is 5.56 Å². The summed E-state index contributed by atoms with van der Waals surface area (Å²) in [6.45, 7) is 2.58. The second-order valence-electron chi connectivity index (χ2n) is 5.94. The van der Waals surface area contributed by atoms with E-state index in [1.165, 1.54) is 6.07 Å². The molecular weight excluding hydrogens is 309 g/mol. The molecule has 24 heavy (non-hydrogen) atoms. The highest BCUT2D eigenvalue weighted by Crippen LogP contribution is 2.39. The molecule has 0 saturated heterocycles. The van der Waals surface area contributed by atoms with Crippen molar-refractivity contribution in [3.8, 4) is 34.3 Å². The molecule has 1 aromatic carbocycles. The van der Waals surface area contributed by atoms with Crippen LogP contribution in [0.2, 0.25) is 0 Å². The molecule has 2 aromatic heterocycles. The van der Waals surface area contributed by atoms with Gasteiger partial charge in [-0.2, -0.15) is 0 Å². The number of para-hydroxylation sites is 1. The number of pyridine rings is 1. The Balaban J connectivity index is 1.96. The van der Waals surface area contributed by atoms with Gasteiger partial charge in [-0.25, -0.2) is 14.4 Å². The highest BCUT2D eigenvalue weighted by atomic mass is 19.1. The van der Waals surface area contributed by atoms with Crippen molar-refractivity contribution in [2.24, 2.45) is 0 Å². The fourth-order valence-corrected chi connectivity index (χ4v) is 3.20. The molecule has 6 heteroatoms. The molecule has 2 N–H and O–H groups in total. The van der Waals surface area contributed by atoms with Crippen molar-refractivity contribution in [2.75, 3.05) is 0 Å². The van der Waals surface area contributed by atoms with E-state index in [0.29, 0.717) is 22.8 Å². The summed E-state index contributed by atoms with van der Waals surface area (Å²) in [6.07, 6.45) is 1.73. The van der Waals surface area contributed by atoms with E-state index in [1.807, 2.05) is 11.5 Å². The van der Waals surface area contributed by atoms with Crippen molar-refractivity contribution in [3.05, 3.63) is 47.5 Å². The largest absolute Gasteiger partial charge is 0.506 e. The lowest BCUT2D eigenvalue weighted by atomic mass is 10.1. The molecule has 0 fully saturated rings. The molecule has 3 heterocycles. The van der Waals surface area contributed by atoms with Gasteiger partial charge in [-0.1, -0.05) is 6.07 Å². The van der Waals surface area contributed by atoms with Crippen LogP contribution in [0.1, 0.15) is 17.8 Å². The zero-order valence-electron chi connectivity index (χ0n) is 13.1. The predicted octanol–water partition coefficient (Wildman–Crippen LogP) is 3.42. The second kappa shape index (κ2) is 5.33. The summed E-state index contributed by atoms with van der Waals surface area (Å²) < 4.78 is 15.7. The van der Waals surface area contributed by atoms with Crippen LogP contribution in [0.3, 0.4) is 0 Å². The van der Waals surface area contributed by atoms with E-state index in [-0.39, 0.29) is 5.75 Å². The number of fused-ring (bicyclic) bond motifs is 1. The number of hydrogen-bond acceptors (Lipinski definition) is 4. The third-order valence-electron chi connectivity index (χ3n) is 4.33. The van der Waals surface area contributed by atoms with Crippen molar-refractivity contribution in [3.63, 3.8) is 0 Å². The smallest absolute Gasteiger partial charge is 0.165 e. The molecule has 122 valence electrons. The van der Waals surface area contributed by atoms with Gasteiger partial charge in [0.1, 0.15) is 23.0 Å². The summed E-state index contributed by atoms with van der Waals surface area (Å²) in [6, 6.07) is 7.72. The number of aryl methyl sites for hydroxylation is 1. The van der Waals surface area contributed by atoms with Crippen LogP contribution in [0.25, 0.3) is 22.8 Å². The monoisotopic (exact) mass is 325 g/mol. The first-order valence-corrected chi connectivity index (χ1v) is 7.80. The Morgan fingerprint density at radius 2 is 1.92 bits per heavy atom. The topological polar surface area (TPSA) is 71.2 Å². The molecule has 0 bridgehead atoms. The Labute approximate surface area is 138 Å². The molecule has 0 saturated carbocycles. The van der Waals surface area contributed by atoms with Crippen molar-refractivity contribution >= 4 is 0 Å². The number of phenolic OH excluding ortho intramolecular Hbond substituents is 1. The number of hydrogen-bond donors (Lipinski definition) is 2. The fourth-order valence-electron chi connectivity index (χ4n) is 3.20. The Bertz CT molecular complexity index is 925. The van der Waals surface area contributed by atoms with Gasteiger partial charge in [-0.05, 0) is 44.0 Å². The number of imidazole rings is 1. The SMILES string of the molecule is Cc1ccc(O)c(-c2nc(-c3cccc(F)c3O)n3c2CCC3)n1. The Morgan fingerprint density at radius 3 is 2.75 bits per heavy atom. The van der Waals surface area contributed by atoms with Gasteiger partial charge in [0.25, 0.3) is 0 Å². The van der Waals surface area contributed by atoms with Crippen molar-refractivity contribution in [2.45, 2.75) is 26.3 Å². The number of phenols is 1. The van der Waals surface area contributed by atoms with Gasteiger partial charge in [0.15, 0.2) is 11.6 Å². The molecule has 0 amide bonds. The van der Waals surface area contributed by atoms with Crippen molar-refractivity contribution in [1.29, 1.82) is 0 Å². The molecular formula is C18H16FN3O2. The summed E-state index contributed by atoms with van der Waals surface area (Å²) in [5, 5.41) is 20.2. The lowest BCUT2D eigenvalue weighted by Crippen LogP contribution is -1.97. The van der Waals surface area contributed by atoms with Gasteiger partial charge >= 0.3 is 0 Å². The van der Waals surface area contributed by atoms with Crippen LogP contribution in [-0.4, -0.2) is 24.7 Å². The molecule has 0 spiro atoms. The van der Waals surface area contributed by atoms with Crippen LogP contribution in [0.4, 0.5) is 4.39 Å². The number of benzene rings is 1. The number of rotatable bonds is 2. The third kappa shape index (κ3) is 2.14. The molecule has 0 radical (unpaired) electrons. The van der Waals surface area contributed by atoms with Gasteiger partial charge in [-0.15, -0.1) is 0 Å². The lowest BCUT2D eigenvalue weighted by molar-refractivity contribution is 0.433. The molecule has 0 atom stereocenters. The van der Waals surface area contributed by atoms with Gasteiger partial charge in [0.2, 0.25) is 0 Å². The van der Waals surface area contributed by atoms with E-state index in [0.717, 1.165) is 30.8 Å². The molecule has 3 aromatic rings. The number of nitrogens with zero attached hydrogens (tertiary/aromatic N) is 3. The minimum atomic E-state index is -0.680. The zero-order chi connectivity index (χ0) is 16.8. The lowest BCUT2D eigenvalue weighted by Gasteiger charge is -2.06. The molecule has 5 nitrogen and oxygen atoms in total. The highest BCUT2D eigenvalue weighted by Gasteiger charge is 2.27. The van der Waals surface area contributed by atoms with Crippen LogP contribution in [-0.2, 0) is 13.0 Å². The molecule has 4 rings (SSSR count). The maximum atomic E-state index is 13.7. The van der Waals surface area contributed by atoms with Crippen LogP contribution in [0.15, 0.2) is 30.3 Å². The molecule has 1 aliphatic heterocycles. The van der Waals surface area contributed by atoms with E-state index < -0.39 is 11.6 Å². The maximum absolute atomic E-state index is 13.7. The Morgan fingerprint density at radius 1 is 1.08 bits per heavy atom. The van der Waals surface area contributed by atoms with E-state index in [2.05, 4.69) is 9.97 Å². The first-order valence-electron chi connectivity index (χ1n) is 7.80. The first-order chi connectivity index (χ1) is 11.6. The quantitative estimate of drug-likeness (QED) is 0.757. The van der Waals surface area contributed by atoms with Crippen molar-refractivity contribution < 1.29 is 14.6 Å². The van der Waals surface area contributed by atoms with Crippen LogP contribution < -0.4 is 0 Å². The standard InChI is InChI=1S/C18H16FN3O2/c1-10-7-8-14(23)16(20-10)15-13-6-3-9-22(13)18(21-15)11-4-2-5-12(19)17(11)24/h2,4-5,7-8,23-24H,3,6,9H2,1H3. The average molecular weight is 325 g/mol. The summed E-state index contributed by atoms with van der Waals surface area (Å²) in [5.41, 5.74) is 3.08. The Kier molecular flexibility index (Phi) is 3.26. The summed E-state index contributed by atoms with van der Waals surface area (Å²) >= 11 is 0. The molecule has 0 unspecified atom stereocenters. The number of aromatic nitrogens is 3. The van der Waals surface area contributed by atoms with E-state index in [9.17, 15) is 14.6 Å². The van der Waals surface area contributed by atoms with Crippen LogP contribution >= 0.6 is 0 Å². The third-order valence-corrected chi connectivity index (χ3v) is 4.33. The summed E-state index contributed by atoms with van der Waals surface area (Å²) in [5.74, 6) is -0.535. The first kappa shape index (κ1) is 14.7.